The van der Waals surface area contributed by atoms with Gasteiger partial charge in [-0.05, 0) is 11.6 Å². The summed E-state index contributed by atoms with van der Waals surface area (Å²) in [5.41, 5.74) is 0.830. The normalized spacial score (nSPS) is 17.5. The minimum Gasteiger partial charge on any atom is -0.455 e. The van der Waals surface area contributed by atoms with Gasteiger partial charge in [0.05, 0.1) is 5.92 Å². The minimum atomic E-state index is -0.542. The number of halogens is 1. The lowest BCUT2D eigenvalue weighted by Gasteiger charge is -2.17. The van der Waals surface area contributed by atoms with Gasteiger partial charge < -0.3 is 15.0 Å². The number of hydrogen-bond acceptors (Lipinski definition) is 4. The van der Waals surface area contributed by atoms with Crippen LogP contribution in [0.3, 0.4) is 0 Å². The molecule has 1 aliphatic heterocycles. The van der Waals surface area contributed by atoms with Gasteiger partial charge in [-0.2, -0.15) is 0 Å². The van der Waals surface area contributed by atoms with Crippen LogP contribution in [0.2, 0.25) is 5.02 Å². The van der Waals surface area contributed by atoms with Gasteiger partial charge in [0.1, 0.15) is 0 Å². The molecule has 1 aromatic rings. The van der Waals surface area contributed by atoms with E-state index in [4.69, 9.17) is 16.3 Å². The highest BCUT2D eigenvalue weighted by Crippen LogP contribution is 2.24. The number of likely N-dealkylation sites (tertiary alicyclic amines) is 1. The smallest absolute Gasteiger partial charge is 0.311 e. The third-order valence-corrected chi connectivity index (χ3v) is 3.86. The maximum absolute atomic E-state index is 12.0. The molecule has 0 bridgehead atoms. The van der Waals surface area contributed by atoms with Crippen molar-refractivity contribution in [1.82, 2.24) is 10.2 Å². The number of carbonyl (C=O) groups excluding carboxylic acids is 3. The molecule has 0 saturated carbocycles. The van der Waals surface area contributed by atoms with Crippen LogP contribution < -0.4 is 5.32 Å². The number of ether oxygens (including phenoxy) is 1. The molecule has 0 aliphatic carbocycles. The summed E-state index contributed by atoms with van der Waals surface area (Å²) in [7, 11) is 1.46. The van der Waals surface area contributed by atoms with Crippen LogP contribution >= 0.6 is 11.6 Å². The van der Waals surface area contributed by atoms with Crippen molar-refractivity contribution < 1.29 is 19.1 Å². The van der Waals surface area contributed by atoms with E-state index in [0.29, 0.717) is 11.6 Å². The van der Waals surface area contributed by atoms with Crippen molar-refractivity contribution in [2.75, 3.05) is 20.2 Å². The van der Waals surface area contributed by atoms with Gasteiger partial charge in [-0.3, -0.25) is 14.4 Å². The van der Waals surface area contributed by atoms with Crippen LogP contribution in [-0.2, 0) is 25.7 Å². The van der Waals surface area contributed by atoms with Crippen molar-refractivity contribution in [3.8, 4) is 0 Å². The van der Waals surface area contributed by atoms with Gasteiger partial charge in [0.2, 0.25) is 5.91 Å². The molecule has 1 N–H and O–H groups in total. The molecule has 1 aliphatic rings. The first-order chi connectivity index (χ1) is 10.5. The molecule has 2 amide bonds. The highest BCUT2D eigenvalue weighted by molar-refractivity contribution is 6.31. The average Bonchev–Trinajstić information content (AvgIpc) is 2.88. The molecule has 2 rings (SSSR count). The van der Waals surface area contributed by atoms with E-state index < -0.39 is 11.9 Å². The standard InChI is InChI=1S/C15H17ClN2O4/c1-17-13(19)9-22-15(21)11-6-14(20)18(8-11)7-10-4-2-3-5-12(10)16/h2-5,11H,6-9H2,1H3,(H,17,19)/t11-/m1/s1. The van der Waals surface area contributed by atoms with Crippen LogP contribution in [0.4, 0.5) is 0 Å². The second-order valence-corrected chi connectivity index (χ2v) is 5.45. The summed E-state index contributed by atoms with van der Waals surface area (Å²) in [6.45, 7) is 0.304. The van der Waals surface area contributed by atoms with E-state index >= 15 is 0 Å². The van der Waals surface area contributed by atoms with Gasteiger partial charge in [-0.15, -0.1) is 0 Å². The molecule has 7 heteroatoms. The van der Waals surface area contributed by atoms with E-state index in [9.17, 15) is 14.4 Å². The summed E-state index contributed by atoms with van der Waals surface area (Å²) in [6, 6.07) is 7.26. The van der Waals surface area contributed by atoms with Crippen molar-refractivity contribution in [3.05, 3.63) is 34.9 Å². The van der Waals surface area contributed by atoms with Gasteiger partial charge >= 0.3 is 5.97 Å². The molecule has 0 spiro atoms. The molecule has 0 radical (unpaired) electrons. The molecule has 1 aromatic carbocycles. The Morgan fingerprint density at radius 1 is 1.41 bits per heavy atom. The Hall–Kier alpha value is -2.08. The number of nitrogens with zero attached hydrogens (tertiary/aromatic N) is 1. The van der Waals surface area contributed by atoms with Crippen LogP contribution in [0.15, 0.2) is 24.3 Å². The highest BCUT2D eigenvalue weighted by Gasteiger charge is 2.35. The monoisotopic (exact) mass is 324 g/mol. The molecule has 1 heterocycles. The molecule has 6 nitrogen and oxygen atoms in total. The highest BCUT2D eigenvalue weighted by atomic mass is 35.5. The number of benzene rings is 1. The molecule has 22 heavy (non-hydrogen) atoms. The largest absolute Gasteiger partial charge is 0.455 e. The Morgan fingerprint density at radius 3 is 2.82 bits per heavy atom. The van der Waals surface area contributed by atoms with Gasteiger partial charge in [0.15, 0.2) is 6.61 Å². The van der Waals surface area contributed by atoms with E-state index in [1.54, 1.807) is 11.0 Å². The Labute approximate surface area is 133 Å². The third-order valence-electron chi connectivity index (χ3n) is 3.49. The molecule has 1 fully saturated rings. The number of hydrogen-bond donors (Lipinski definition) is 1. The molecule has 1 atom stereocenters. The van der Waals surface area contributed by atoms with Crippen molar-refractivity contribution in [2.24, 2.45) is 5.92 Å². The Bertz CT molecular complexity index is 591. The van der Waals surface area contributed by atoms with E-state index in [1.165, 1.54) is 7.05 Å². The molecular formula is C15H17ClN2O4. The zero-order valence-corrected chi connectivity index (χ0v) is 12.9. The maximum atomic E-state index is 12.0. The van der Waals surface area contributed by atoms with Gasteiger partial charge in [0.25, 0.3) is 5.91 Å². The van der Waals surface area contributed by atoms with E-state index in [-0.39, 0.29) is 31.4 Å². The van der Waals surface area contributed by atoms with Crippen LogP contribution in [0.25, 0.3) is 0 Å². The number of nitrogens with one attached hydrogen (secondary N) is 1. The van der Waals surface area contributed by atoms with Crippen molar-refractivity contribution in [3.63, 3.8) is 0 Å². The predicted molar refractivity (Wildman–Crippen MR) is 80.0 cm³/mol. The zero-order valence-electron chi connectivity index (χ0n) is 12.2. The first-order valence-corrected chi connectivity index (χ1v) is 7.27. The summed E-state index contributed by atoms with van der Waals surface area (Å²) in [4.78, 5) is 36.5. The molecule has 0 unspecified atom stereocenters. The molecular weight excluding hydrogens is 308 g/mol. The Kier molecular flexibility index (Phi) is 5.38. The fourth-order valence-electron chi connectivity index (χ4n) is 2.24. The van der Waals surface area contributed by atoms with Crippen molar-refractivity contribution >= 4 is 29.4 Å². The summed E-state index contributed by atoms with van der Waals surface area (Å²) < 4.78 is 4.89. The SMILES string of the molecule is CNC(=O)COC(=O)[C@@H]1CC(=O)N(Cc2ccccc2Cl)C1. The second-order valence-electron chi connectivity index (χ2n) is 5.05. The average molecular weight is 325 g/mol. The lowest BCUT2D eigenvalue weighted by Crippen LogP contribution is -2.29. The topological polar surface area (TPSA) is 75.7 Å². The molecule has 1 saturated heterocycles. The quantitative estimate of drug-likeness (QED) is 0.819. The predicted octanol–water partition coefficient (Wildman–Crippen LogP) is 0.978. The summed E-state index contributed by atoms with van der Waals surface area (Å²) in [6.07, 6.45) is 0.0943. The first-order valence-electron chi connectivity index (χ1n) is 6.89. The summed E-state index contributed by atoms with van der Waals surface area (Å²) in [5.74, 6) is -1.58. The number of esters is 1. The number of likely N-dealkylation sites (N-methyl/N-ethyl adjacent to an activating group) is 1. The fourth-order valence-corrected chi connectivity index (χ4v) is 2.44. The third kappa shape index (κ3) is 3.98. The van der Waals surface area contributed by atoms with Gasteiger partial charge in [-0.1, -0.05) is 29.8 Å². The number of carbonyl (C=O) groups is 3. The minimum absolute atomic E-state index is 0.0943. The number of rotatable bonds is 5. The van der Waals surface area contributed by atoms with Crippen LogP contribution in [-0.4, -0.2) is 42.9 Å². The van der Waals surface area contributed by atoms with Crippen LogP contribution in [0.1, 0.15) is 12.0 Å². The summed E-state index contributed by atoms with van der Waals surface area (Å²) in [5, 5.41) is 2.94. The lowest BCUT2D eigenvalue weighted by molar-refractivity contribution is -0.152. The van der Waals surface area contributed by atoms with Gasteiger partial charge in [-0.25, -0.2) is 0 Å². The second kappa shape index (κ2) is 7.26. The first kappa shape index (κ1) is 16.3. The van der Waals surface area contributed by atoms with Crippen LogP contribution in [0.5, 0.6) is 0 Å². The zero-order chi connectivity index (χ0) is 16.1. The van der Waals surface area contributed by atoms with Crippen LogP contribution in [0, 0.1) is 5.92 Å². The van der Waals surface area contributed by atoms with E-state index in [1.807, 2.05) is 18.2 Å². The number of amides is 2. The van der Waals surface area contributed by atoms with Crippen molar-refractivity contribution in [2.45, 2.75) is 13.0 Å². The molecule has 0 aromatic heterocycles. The Morgan fingerprint density at radius 2 is 2.14 bits per heavy atom. The Balaban J connectivity index is 1.92. The van der Waals surface area contributed by atoms with E-state index in [0.717, 1.165) is 5.56 Å². The fraction of sp³-hybridized carbons (Fsp3) is 0.400. The van der Waals surface area contributed by atoms with Gasteiger partial charge in [0, 0.05) is 31.6 Å². The van der Waals surface area contributed by atoms with E-state index in [2.05, 4.69) is 5.32 Å². The van der Waals surface area contributed by atoms with Crippen molar-refractivity contribution in [1.29, 1.82) is 0 Å². The lowest BCUT2D eigenvalue weighted by atomic mass is 10.1. The molecule has 118 valence electrons. The summed E-state index contributed by atoms with van der Waals surface area (Å²) >= 11 is 6.08. The maximum Gasteiger partial charge on any atom is 0.311 e.